The average molecular weight is 336 g/mol. The van der Waals surface area contributed by atoms with E-state index in [-0.39, 0.29) is 5.50 Å². The zero-order valence-electron chi connectivity index (χ0n) is 12.9. The van der Waals surface area contributed by atoms with Crippen LogP contribution in [-0.2, 0) is 0 Å². The number of para-hydroxylation sites is 1. The summed E-state index contributed by atoms with van der Waals surface area (Å²) in [6.07, 6.45) is 2.81. The Balaban J connectivity index is 2.09. The lowest BCUT2D eigenvalue weighted by atomic mass is 10.0. The number of halogens is 2. The molecular formula is C17H19Cl2N3. The number of benzene rings is 1. The van der Waals surface area contributed by atoms with Crippen LogP contribution in [0.4, 0.5) is 0 Å². The summed E-state index contributed by atoms with van der Waals surface area (Å²) in [6, 6.07) is 8.12. The molecule has 1 aromatic heterocycles. The van der Waals surface area contributed by atoms with Crippen LogP contribution in [0.25, 0.3) is 10.9 Å². The highest BCUT2D eigenvalue weighted by Crippen LogP contribution is 2.33. The molecule has 1 aliphatic heterocycles. The summed E-state index contributed by atoms with van der Waals surface area (Å²) < 4.78 is 0. The molecule has 1 atom stereocenters. The molecule has 116 valence electrons. The van der Waals surface area contributed by atoms with Crippen molar-refractivity contribution in [2.45, 2.75) is 25.8 Å². The number of nitrogens with one attached hydrogen (secondary N) is 1. The van der Waals surface area contributed by atoms with E-state index in [1.165, 1.54) is 0 Å². The van der Waals surface area contributed by atoms with Crippen molar-refractivity contribution in [3.8, 4) is 0 Å². The maximum atomic E-state index is 6.66. The second kappa shape index (κ2) is 5.98. The Bertz CT molecular complexity index is 758. The van der Waals surface area contributed by atoms with Gasteiger partial charge in [-0.25, -0.2) is 4.99 Å². The molecule has 1 aliphatic rings. The third-order valence-corrected chi connectivity index (χ3v) is 4.72. The molecule has 2 heterocycles. The third-order valence-electron chi connectivity index (χ3n) is 3.91. The van der Waals surface area contributed by atoms with Crippen LogP contribution in [0.1, 0.15) is 25.8 Å². The van der Waals surface area contributed by atoms with Gasteiger partial charge in [-0.05, 0) is 18.4 Å². The number of aromatic nitrogens is 1. The second-order valence-corrected chi connectivity index (χ2v) is 6.80. The summed E-state index contributed by atoms with van der Waals surface area (Å²) in [7, 11) is 1.97. The van der Waals surface area contributed by atoms with Gasteiger partial charge in [-0.1, -0.05) is 55.2 Å². The Kier molecular flexibility index (Phi) is 4.20. The minimum absolute atomic E-state index is 0.324. The van der Waals surface area contributed by atoms with Gasteiger partial charge in [0.1, 0.15) is 10.7 Å². The van der Waals surface area contributed by atoms with Crippen molar-refractivity contribution in [2.24, 2.45) is 10.9 Å². The quantitative estimate of drug-likeness (QED) is 0.626. The fourth-order valence-electron chi connectivity index (χ4n) is 2.78. The van der Waals surface area contributed by atoms with Crippen molar-refractivity contribution >= 4 is 39.8 Å². The number of alkyl halides is 1. The number of hydrogen-bond acceptors (Lipinski definition) is 2. The van der Waals surface area contributed by atoms with Gasteiger partial charge in [0.05, 0.1) is 11.4 Å². The molecule has 1 N–H and O–H groups in total. The standard InChI is InChI=1S/C17H19Cl2N3/c1-10(2)8-14-16(18)21-15(17(19)22(14)3)12-9-20-13-7-5-4-6-11(12)13/h4-7,9-10,17,20H,8H2,1-3H3. The van der Waals surface area contributed by atoms with Crippen molar-refractivity contribution in [2.75, 3.05) is 7.05 Å². The van der Waals surface area contributed by atoms with Gasteiger partial charge in [0.15, 0.2) is 0 Å². The summed E-state index contributed by atoms with van der Waals surface area (Å²) in [5.74, 6) is 0.500. The van der Waals surface area contributed by atoms with Crippen LogP contribution in [0.5, 0.6) is 0 Å². The topological polar surface area (TPSA) is 31.4 Å². The first-order valence-corrected chi connectivity index (χ1v) is 8.21. The van der Waals surface area contributed by atoms with Crippen molar-refractivity contribution < 1.29 is 0 Å². The highest BCUT2D eigenvalue weighted by atomic mass is 35.5. The number of likely N-dealkylation sites (N-methyl/N-ethyl adjacent to an activating group) is 1. The Morgan fingerprint density at radius 3 is 2.77 bits per heavy atom. The molecule has 3 rings (SSSR count). The number of rotatable bonds is 3. The number of nitrogens with zero attached hydrogens (tertiary/aromatic N) is 2. The first-order chi connectivity index (χ1) is 10.5. The zero-order chi connectivity index (χ0) is 15.9. The molecule has 1 unspecified atom stereocenters. The van der Waals surface area contributed by atoms with Crippen LogP contribution < -0.4 is 0 Å². The Labute approximate surface area is 140 Å². The third kappa shape index (κ3) is 2.64. The van der Waals surface area contributed by atoms with Gasteiger partial charge in [0.25, 0.3) is 0 Å². The molecule has 22 heavy (non-hydrogen) atoms. The Morgan fingerprint density at radius 1 is 1.32 bits per heavy atom. The van der Waals surface area contributed by atoms with Gasteiger partial charge in [-0.2, -0.15) is 0 Å². The highest BCUT2D eigenvalue weighted by molar-refractivity contribution is 6.39. The maximum absolute atomic E-state index is 6.66. The van der Waals surface area contributed by atoms with Crippen LogP contribution >= 0.6 is 23.2 Å². The summed E-state index contributed by atoms with van der Waals surface area (Å²) in [5.41, 5.74) is 3.54. The molecule has 0 saturated carbocycles. The molecule has 0 amide bonds. The Morgan fingerprint density at radius 2 is 2.05 bits per heavy atom. The summed E-state index contributed by atoms with van der Waals surface area (Å²) in [4.78, 5) is 9.89. The lowest BCUT2D eigenvalue weighted by Crippen LogP contribution is -2.37. The van der Waals surface area contributed by atoms with E-state index in [2.05, 4.69) is 29.9 Å². The predicted octanol–water partition coefficient (Wildman–Crippen LogP) is 4.92. The van der Waals surface area contributed by atoms with Crippen LogP contribution in [0.2, 0.25) is 0 Å². The van der Waals surface area contributed by atoms with E-state index in [0.717, 1.165) is 34.3 Å². The van der Waals surface area contributed by atoms with Gasteiger partial charge in [-0.15, -0.1) is 0 Å². The van der Waals surface area contributed by atoms with E-state index in [1.807, 2.05) is 36.3 Å². The van der Waals surface area contributed by atoms with Crippen molar-refractivity contribution in [3.63, 3.8) is 0 Å². The monoisotopic (exact) mass is 335 g/mol. The van der Waals surface area contributed by atoms with Crippen LogP contribution in [-0.4, -0.2) is 28.1 Å². The summed E-state index contributed by atoms with van der Waals surface area (Å²) in [6.45, 7) is 4.32. The predicted molar refractivity (Wildman–Crippen MR) is 94.6 cm³/mol. The lowest BCUT2D eigenvalue weighted by molar-refractivity contribution is 0.395. The molecule has 2 aromatic rings. The van der Waals surface area contributed by atoms with Gasteiger partial charge in [0.2, 0.25) is 0 Å². The fraction of sp³-hybridized carbons (Fsp3) is 0.353. The van der Waals surface area contributed by atoms with Crippen molar-refractivity contribution in [1.29, 1.82) is 0 Å². The number of H-pyrrole nitrogens is 1. The SMILES string of the molecule is CC(C)CC1=C(Cl)N=C(c2c[nH]c3ccccc23)C(Cl)N1C. The molecule has 0 aliphatic carbocycles. The normalized spacial score (nSPS) is 19.3. The Hall–Kier alpha value is -1.45. The molecule has 1 aromatic carbocycles. The highest BCUT2D eigenvalue weighted by Gasteiger charge is 2.29. The van der Waals surface area contributed by atoms with Gasteiger partial charge in [-0.3, -0.25) is 0 Å². The summed E-state index contributed by atoms with van der Waals surface area (Å²) >= 11 is 13.1. The van der Waals surface area contributed by atoms with E-state index >= 15 is 0 Å². The van der Waals surface area contributed by atoms with Crippen molar-refractivity contribution in [1.82, 2.24) is 9.88 Å². The maximum Gasteiger partial charge on any atom is 0.148 e. The molecule has 3 nitrogen and oxygen atoms in total. The van der Waals surface area contributed by atoms with Crippen LogP contribution in [0, 0.1) is 5.92 Å². The number of aromatic amines is 1. The number of fused-ring (bicyclic) bond motifs is 1. The molecule has 0 radical (unpaired) electrons. The first-order valence-electron chi connectivity index (χ1n) is 7.39. The van der Waals surface area contributed by atoms with Crippen LogP contribution in [0.15, 0.2) is 46.3 Å². The minimum Gasteiger partial charge on any atom is -0.360 e. The lowest BCUT2D eigenvalue weighted by Gasteiger charge is -2.33. The number of aliphatic imine (C=N–C) groups is 1. The fourth-order valence-corrected chi connectivity index (χ4v) is 3.36. The molecule has 5 heteroatoms. The van der Waals surface area contributed by atoms with Gasteiger partial charge >= 0.3 is 0 Å². The van der Waals surface area contributed by atoms with E-state index in [9.17, 15) is 0 Å². The smallest absolute Gasteiger partial charge is 0.148 e. The van der Waals surface area contributed by atoms with Gasteiger partial charge in [0, 0.05) is 29.7 Å². The average Bonchev–Trinajstić information content (AvgIpc) is 2.91. The first kappa shape index (κ1) is 15.4. The minimum atomic E-state index is -0.324. The van der Waals surface area contributed by atoms with Gasteiger partial charge < -0.3 is 9.88 Å². The summed E-state index contributed by atoms with van der Waals surface area (Å²) in [5, 5.41) is 1.64. The van der Waals surface area contributed by atoms with E-state index < -0.39 is 0 Å². The zero-order valence-corrected chi connectivity index (χ0v) is 14.4. The molecule has 0 bridgehead atoms. The molecular weight excluding hydrogens is 317 g/mol. The largest absolute Gasteiger partial charge is 0.360 e. The van der Waals surface area contributed by atoms with Crippen molar-refractivity contribution in [3.05, 3.63) is 46.9 Å². The van der Waals surface area contributed by atoms with Crippen LogP contribution in [0.3, 0.4) is 0 Å². The van der Waals surface area contributed by atoms with E-state index in [4.69, 9.17) is 23.2 Å². The molecule has 0 fully saturated rings. The molecule has 0 saturated heterocycles. The molecule has 0 spiro atoms. The number of hydrogen-bond donors (Lipinski definition) is 1. The van der Waals surface area contributed by atoms with E-state index in [0.29, 0.717) is 11.1 Å². The van der Waals surface area contributed by atoms with E-state index in [1.54, 1.807) is 0 Å². The number of allylic oxidation sites excluding steroid dienone is 1. The second-order valence-electron chi connectivity index (χ2n) is 6.03.